The van der Waals surface area contributed by atoms with Gasteiger partial charge in [-0.3, -0.25) is 4.79 Å². The summed E-state index contributed by atoms with van der Waals surface area (Å²) < 4.78 is 6.90. The van der Waals surface area contributed by atoms with Gasteiger partial charge in [-0.05, 0) is 31.9 Å². The Morgan fingerprint density at radius 2 is 1.44 bits per heavy atom. The number of ether oxygens (including phenoxy) is 1. The van der Waals surface area contributed by atoms with Crippen LogP contribution in [-0.4, -0.2) is 44.1 Å². The van der Waals surface area contributed by atoms with Crippen LogP contribution >= 0.6 is 0 Å². The summed E-state index contributed by atoms with van der Waals surface area (Å²) in [5.41, 5.74) is 0.681. The molecule has 3 nitrogen and oxygen atoms in total. The molecule has 0 radical (unpaired) electrons. The van der Waals surface area contributed by atoms with Crippen molar-refractivity contribution in [3.8, 4) is 5.75 Å². The van der Waals surface area contributed by atoms with Crippen LogP contribution in [0.4, 0.5) is 0 Å². The molecule has 0 fully saturated rings. The third kappa shape index (κ3) is 12.2. The maximum absolute atomic E-state index is 11.6. The average Bonchev–Trinajstić information content (AvgIpc) is 2.61. The Morgan fingerprint density at radius 3 is 2.07 bits per heavy atom. The lowest BCUT2D eigenvalue weighted by Crippen LogP contribution is -3.00. The molecular weight excluding hydrogens is 402 g/mol. The zero-order valence-corrected chi connectivity index (χ0v) is 19.5. The number of Topliss-reactive ketones (excluding diaryl/α,β-unsaturated/α-hetero) is 1. The fourth-order valence-electron chi connectivity index (χ4n) is 3.34. The largest absolute Gasteiger partial charge is 1.00 e. The summed E-state index contributed by atoms with van der Waals surface area (Å²) in [6, 6.07) is 7.52. The molecule has 0 heterocycles. The predicted octanol–water partition coefficient (Wildman–Crippen LogP) is 2.88. The maximum Gasteiger partial charge on any atom is 0.163 e. The Balaban J connectivity index is 0.00000676. The fraction of sp³-hybridized carbons (Fsp3) is 0.696. The number of halogens is 1. The number of quaternary nitrogens is 1. The molecule has 1 rings (SSSR count). The molecule has 0 amide bonds. The smallest absolute Gasteiger partial charge is 0.163 e. The molecule has 27 heavy (non-hydrogen) atoms. The van der Waals surface area contributed by atoms with Crippen molar-refractivity contribution in [2.75, 3.05) is 33.8 Å². The first-order valence-electron chi connectivity index (χ1n) is 10.5. The van der Waals surface area contributed by atoms with Crippen LogP contribution in [0.1, 0.15) is 82.0 Å². The molecule has 0 unspecified atom stereocenters. The van der Waals surface area contributed by atoms with Gasteiger partial charge in [-0.25, -0.2) is 0 Å². The number of hydrogen-bond acceptors (Lipinski definition) is 2. The minimum absolute atomic E-state index is 0. The number of carbonyl (C=O) groups is 1. The van der Waals surface area contributed by atoms with E-state index in [1.165, 1.54) is 57.9 Å². The number of nitrogens with zero attached hydrogens (tertiary/aromatic N) is 1. The third-order valence-electron chi connectivity index (χ3n) is 5.05. The van der Waals surface area contributed by atoms with Gasteiger partial charge in [0.25, 0.3) is 0 Å². The van der Waals surface area contributed by atoms with Gasteiger partial charge in [0.05, 0.1) is 39.4 Å². The first kappa shape index (κ1) is 26.1. The minimum atomic E-state index is 0. The monoisotopic (exact) mass is 441 g/mol. The van der Waals surface area contributed by atoms with Crippen LogP contribution in [0.5, 0.6) is 5.75 Å². The molecule has 0 aliphatic heterocycles. The molecule has 0 spiro atoms. The number of rotatable bonds is 15. The van der Waals surface area contributed by atoms with E-state index in [2.05, 4.69) is 21.0 Å². The average molecular weight is 442 g/mol. The van der Waals surface area contributed by atoms with E-state index in [-0.39, 0.29) is 22.8 Å². The van der Waals surface area contributed by atoms with Gasteiger partial charge in [0, 0.05) is 6.42 Å². The predicted molar refractivity (Wildman–Crippen MR) is 111 cm³/mol. The third-order valence-corrected chi connectivity index (χ3v) is 5.05. The van der Waals surface area contributed by atoms with Crippen molar-refractivity contribution >= 4 is 5.78 Å². The van der Waals surface area contributed by atoms with E-state index in [0.29, 0.717) is 17.9 Å². The summed E-state index contributed by atoms with van der Waals surface area (Å²) in [5.74, 6) is 0.778. The Labute approximate surface area is 177 Å². The highest BCUT2D eigenvalue weighted by atomic mass is 79.9. The molecule has 0 saturated heterocycles. The molecule has 1 aromatic rings. The van der Waals surface area contributed by atoms with Crippen LogP contribution in [0.3, 0.4) is 0 Å². The van der Waals surface area contributed by atoms with Crippen molar-refractivity contribution in [2.45, 2.75) is 71.6 Å². The van der Waals surface area contributed by atoms with Crippen LogP contribution in [-0.2, 0) is 0 Å². The van der Waals surface area contributed by atoms with Crippen molar-refractivity contribution in [2.24, 2.45) is 0 Å². The van der Waals surface area contributed by atoms with Crippen LogP contribution in [0.2, 0.25) is 0 Å². The molecular formula is C23H40BrNO2. The van der Waals surface area contributed by atoms with Gasteiger partial charge in [-0.2, -0.15) is 0 Å². The zero-order chi connectivity index (χ0) is 19.3. The van der Waals surface area contributed by atoms with E-state index >= 15 is 0 Å². The quantitative estimate of drug-likeness (QED) is 0.237. The number of para-hydroxylation sites is 1. The highest BCUT2D eigenvalue weighted by Gasteiger charge is 2.14. The summed E-state index contributed by atoms with van der Waals surface area (Å²) in [7, 11) is 4.62. The second kappa shape index (κ2) is 15.1. The molecule has 1 aromatic carbocycles. The van der Waals surface area contributed by atoms with E-state index in [4.69, 9.17) is 4.74 Å². The lowest BCUT2D eigenvalue weighted by atomic mass is 10.1. The fourth-order valence-corrected chi connectivity index (χ4v) is 3.34. The van der Waals surface area contributed by atoms with Crippen LogP contribution < -0.4 is 21.7 Å². The van der Waals surface area contributed by atoms with Gasteiger partial charge >= 0.3 is 0 Å². The maximum atomic E-state index is 11.6. The second-order valence-corrected chi connectivity index (χ2v) is 8.11. The minimum Gasteiger partial charge on any atom is -1.00 e. The highest BCUT2D eigenvalue weighted by molar-refractivity contribution is 5.96. The second-order valence-electron chi connectivity index (χ2n) is 8.11. The topological polar surface area (TPSA) is 26.3 Å². The Hall–Kier alpha value is -0.870. The number of ketones is 1. The van der Waals surface area contributed by atoms with Crippen molar-refractivity contribution < 1.29 is 31.0 Å². The van der Waals surface area contributed by atoms with E-state index in [0.717, 1.165) is 17.4 Å². The molecule has 0 N–H and O–H groups in total. The van der Waals surface area contributed by atoms with Gasteiger partial charge in [0.2, 0.25) is 0 Å². The first-order chi connectivity index (χ1) is 12.5. The highest BCUT2D eigenvalue weighted by Crippen LogP contribution is 2.18. The zero-order valence-electron chi connectivity index (χ0n) is 17.9. The summed E-state index contributed by atoms with van der Waals surface area (Å²) in [4.78, 5) is 11.6. The molecule has 0 aromatic heterocycles. The van der Waals surface area contributed by atoms with Crippen LogP contribution in [0.25, 0.3) is 0 Å². The summed E-state index contributed by atoms with van der Waals surface area (Å²) >= 11 is 0. The van der Waals surface area contributed by atoms with Crippen LogP contribution in [0, 0.1) is 0 Å². The van der Waals surface area contributed by atoms with E-state index < -0.39 is 0 Å². The summed E-state index contributed by atoms with van der Waals surface area (Å²) in [6.07, 6.45) is 12.0. The van der Waals surface area contributed by atoms with E-state index in [1.807, 2.05) is 24.3 Å². The van der Waals surface area contributed by atoms with Gasteiger partial charge in [-0.1, -0.05) is 57.6 Å². The van der Waals surface area contributed by atoms with Gasteiger partial charge in [0.1, 0.15) is 5.75 Å². The summed E-state index contributed by atoms with van der Waals surface area (Å²) in [5, 5.41) is 0. The first-order valence-corrected chi connectivity index (χ1v) is 10.5. The Morgan fingerprint density at radius 1 is 0.889 bits per heavy atom. The van der Waals surface area contributed by atoms with Gasteiger partial charge in [0.15, 0.2) is 5.78 Å². The molecule has 0 atom stereocenters. The van der Waals surface area contributed by atoms with E-state index in [1.54, 1.807) is 6.92 Å². The Bertz CT molecular complexity index is 517. The van der Waals surface area contributed by atoms with Crippen LogP contribution in [0.15, 0.2) is 24.3 Å². The van der Waals surface area contributed by atoms with Crippen molar-refractivity contribution in [3.63, 3.8) is 0 Å². The standard InChI is InChI=1S/C23H40NO2.BrH/c1-5-6-7-8-9-10-11-14-18-24(3,4)19-15-20-26-23-17-13-12-16-22(23)21(2)25;/h12-13,16-17H,5-11,14-15,18-20H2,1-4H3;1H/q+1;/p-1. The lowest BCUT2D eigenvalue weighted by Gasteiger charge is -2.30. The molecule has 0 aliphatic carbocycles. The summed E-state index contributed by atoms with van der Waals surface area (Å²) in [6.45, 7) is 6.88. The Kier molecular flexibility index (Phi) is 14.6. The molecule has 156 valence electrons. The normalized spacial score (nSPS) is 11.1. The molecule has 0 aliphatic rings. The van der Waals surface area contributed by atoms with E-state index in [9.17, 15) is 4.79 Å². The van der Waals surface area contributed by atoms with Gasteiger partial charge < -0.3 is 26.2 Å². The lowest BCUT2D eigenvalue weighted by molar-refractivity contribution is -0.890. The number of carbonyl (C=O) groups excluding carboxylic acids is 1. The SMILES string of the molecule is CCCCCCCCCC[N+](C)(C)CCCOc1ccccc1C(C)=O.[Br-]. The van der Waals surface area contributed by atoms with Gasteiger partial charge in [-0.15, -0.1) is 0 Å². The van der Waals surface area contributed by atoms with Crippen molar-refractivity contribution in [1.82, 2.24) is 0 Å². The molecule has 0 bridgehead atoms. The number of benzene rings is 1. The van der Waals surface area contributed by atoms with Crippen molar-refractivity contribution in [1.29, 1.82) is 0 Å². The number of unbranched alkanes of at least 4 members (excludes halogenated alkanes) is 7. The molecule has 0 saturated carbocycles. The van der Waals surface area contributed by atoms with Crippen molar-refractivity contribution in [3.05, 3.63) is 29.8 Å². The molecule has 4 heteroatoms. The number of hydrogen-bond donors (Lipinski definition) is 0.